The van der Waals surface area contributed by atoms with E-state index in [1.54, 1.807) is 9.20 Å². The van der Waals surface area contributed by atoms with Gasteiger partial charge in [-0.25, -0.2) is 4.68 Å². The molecule has 3 heterocycles. The Morgan fingerprint density at radius 2 is 1.75 bits per heavy atom. The lowest BCUT2D eigenvalue weighted by Crippen LogP contribution is -1.99. The Morgan fingerprint density at radius 3 is 2.54 bits per heavy atom. The van der Waals surface area contributed by atoms with Gasteiger partial charge in [-0.3, -0.25) is 0 Å². The number of benzene rings is 2. The second-order valence-electron chi connectivity index (χ2n) is 6.05. The molecule has 5 rings (SSSR count). The monoisotopic (exact) mass is 427 g/mol. The number of nitrogens with zero attached hydrogens (tertiary/aromatic N) is 7. The second kappa shape index (κ2) is 6.66. The van der Waals surface area contributed by atoms with Crippen molar-refractivity contribution < 1.29 is 0 Å². The van der Waals surface area contributed by atoms with Crippen LogP contribution in [0.25, 0.3) is 32.7 Å². The Morgan fingerprint density at radius 1 is 0.929 bits per heavy atom. The summed E-state index contributed by atoms with van der Waals surface area (Å²) in [7, 11) is 0. The summed E-state index contributed by atoms with van der Waals surface area (Å²) in [6.07, 6.45) is 0. The number of aromatic nitrogens is 7. The van der Waals surface area contributed by atoms with Gasteiger partial charge in [0.15, 0.2) is 5.69 Å². The van der Waals surface area contributed by atoms with Crippen LogP contribution in [-0.2, 0) is 0 Å². The molecule has 0 unspecified atom stereocenters. The van der Waals surface area contributed by atoms with Gasteiger partial charge in [0.2, 0.25) is 10.8 Å². The van der Waals surface area contributed by atoms with Crippen molar-refractivity contribution in [1.82, 2.24) is 34.8 Å². The lowest BCUT2D eigenvalue weighted by atomic mass is 10.2. The van der Waals surface area contributed by atoms with Gasteiger partial charge in [-0.1, -0.05) is 51.9 Å². The van der Waals surface area contributed by atoms with Crippen molar-refractivity contribution >= 4 is 39.5 Å². The maximum atomic E-state index is 6.10. The molecule has 0 spiro atoms. The van der Waals surface area contributed by atoms with Gasteiger partial charge >= 0.3 is 0 Å². The lowest BCUT2D eigenvalue weighted by Gasteiger charge is -2.03. The zero-order valence-corrected chi connectivity index (χ0v) is 16.7. The molecule has 2 aromatic carbocycles. The van der Waals surface area contributed by atoms with Gasteiger partial charge in [-0.15, -0.1) is 15.3 Å². The van der Waals surface area contributed by atoms with Crippen LogP contribution in [0, 0.1) is 6.92 Å². The smallest absolute Gasteiger partial charge is 0.217 e. The molecule has 0 saturated heterocycles. The van der Waals surface area contributed by atoms with E-state index >= 15 is 0 Å². The highest BCUT2D eigenvalue weighted by atomic mass is 35.5. The van der Waals surface area contributed by atoms with Gasteiger partial charge in [0.05, 0.1) is 11.4 Å². The van der Waals surface area contributed by atoms with Crippen molar-refractivity contribution in [3.05, 3.63) is 64.3 Å². The summed E-state index contributed by atoms with van der Waals surface area (Å²) >= 11 is 13.5. The topological polar surface area (TPSA) is 73.8 Å². The van der Waals surface area contributed by atoms with E-state index in [0.29, 0.717) is 26.5 Å². The molecule has 0 atom stereocenters. The minimum absolute atomic E-state index is 0.539. The third-order valence-corrected chi connectivity index (χ3v) is 5.67. The van der Waals surface area contributed by atoms with Crippen LogP contribution in [0.15, 0.2) is 48.5 Å². The molecule has 10 heteroatoms. The molecule has 3 aromatic heterocycles. The van der Waals surface area contributed by atoms with E-state index in [0.717, 1.165) is 22.0 Å². The number of halogens is 2. The molecule has 138 valence electrons. The number of hydrogen-bond acceptors (Lipinski definition) is 6. The Kier molecular flexibility index (Phi) is 4.12. The molecule has 0 bridgehead atoms. The number of hydrogen-bond donors (Lipinski definition) is 0. The quantitative estimate of drug-likeness (QED) is 0.416. The van der Waals surface area contributed by atoms with Gasteiger partial charge in [0.1, 0.15) is 5.01 Å². The molecule has 0 radical (unpaired) electrons. The van der Waals surface area contributed by atoms with Crippen LogP contribution in [0.4, 0.5) is 0 Å². The van der Waals surface area contributed by atoms with Crippen LogP contribution in [-0.4, -0.2) is 34.8 Å². The van der Waals surface area contributed by atoms with Crippen molar-refractivity contribution in [2.75, 3.05) is 0 Å². The third kappa shape index (κ3) is 2.86. The molecule has 0 fully saturated rings. The largest absolute Gasteiger partial charge is 0.235 e. The van der Waals surface area contributed by atoms with E-state index in [9.17, 15) is 0 Å². The van der Waals surface area contributed by atoms with Gasteiger partial charge < -0.3 is 0 Å². The highest BCUT2D eigenvalue weighted by molar-refractivity contribution is 7.19. The second-order valence-corrected chi connectivity index (χ2v) is 7.88. The van der Waals surface area contributed by atoms with Crippen LogP contribution in [0.1, 0.15) is 5.69 Å². The molecule has 0 aliphatic rings. The van der Waals surface area contributed by atoms with Crippen LogP contribution < -0.4 is 0 Å². The van der Waals surface area contributed by atoms with Crippen LogP contribution in [0.3, 0.4) is 0 Å². The van der Waals surface area contributed by atoms with Gasteiger partial charge in [-0.05, 0) is 43.3 Å². The zero-order chi connectivity index (χ0) is 19.3. The Labute approximate surface area is 173 Å². The maximum Gasteiger partial charge on any atom is 0.235 e. The first-order chi connectivity index (χ1) is 13.6. The summed E-state index contributed by atoms with van der Waals surface area (Å²) in [6.45, 7) is 1.93. The summed E-state index contributed by atoms with van der Waals surface area (Å²) in [4.78, 5) is 0.672. The van der Waals surface area contributed by atoms with Crippen molar-refractivity contribution in [3.63, 3.8) is 0 Å². The predicted octanol–water partition coefficient (Wildman–Crippen LogP) is 4.72. The van der Waals surface area contributed by atoms with Gasteiger partial charge in [-0.2, -0.15) is 9.61 Å². The van der Waals surface area contributed by atoms with E-state index in [4.69, 9.17) is 23.2 Å². The van der Waals surface area contributed by atoms with E-state index in [2.05, 4.69) is 25.6 Å². The van der Waals surface area contributed by atoms with E-state index < -0.39 is 0 Å². The third-order valence-electron chi connectivity index (χ3n) is 4.24. The molecule has 0 saturated carbocycles. The average molecular weight is 428 g/mol. The van der Waals surface area contributed by atoms with E-state index in [-0.39, 0.29) is 0 Å². The summed E-state index contributed by atoms with van der Waals surface area (Å²) in [5, 5.41) is 23.8. The van der Waals surface area contributed by atoms with Gasteiger partial charge in [0.25, 0.3) is 0 Å². The number of fused-ring (bicyclic) bond motifs is 1. The van der Waals surface area contributed by atoms with Crippen molar-refractivity contribution in [3.8, 4) is 27.8 Å². The van der Waals surface area contributed by atoms with Crippen LogP contribution in [0.2, 0.25) is 10.0 Å². The minimum atomic E-state index is 0.539. The fourth-order valence-corrected chi connectivity index (χ4v) is 4.02. The summed E-state index contributed by atoms with van der Waals surface area (Å²) in [5.74, 6) is 0.539. The Bertz CT molecular complexity index is 1300. The normalized spacial score (nSPS) is 11.4. The molecule has 0 aliphatic carbocycles. The minimum Gasteiger partial charge on any atom is -0.217 e. The summed E-state index contributed by atoms with van der Waals surface area (Å²) < 4.78 is 3.42. The molecule has 7 nitrogen and oxygen atoms in total. The Hall–Kier alpha value is -2.81. The fraction of sp³-hybridized carbons (Fsp3) is 0.0556. The van der Waals surface area contributed by atoms with E-state index in [1.165, 1.54) is 11.3 Å². The first-order valence-corrected chi connectivity index (χ1v) is 9.84. The SMILES string of the molecule is Cc1c(-c2nnc3sc(-c4cccc(Cl)c4)nn23)nnn1-c1ccc(Cl)cc1. The van der Waals surface area contributed by atoms with E-state index in [1.807, 2.05) is 55.5 Å². The molecule has 5 aromatic rings. The molecule has 0 aliphatic heterocycles. The molecular formula is C18H11Cl2N7S. The maximum absolute atomic E-state index is 6.10. The summed E-state index contributed by atoms with van der Waals surface area (Å²) in [6, 6.07) is 14.9. The Balaban J connectivity index is 1.59. The van der Waals surface area contributed by atoms with Crippen molar-refractivity contribution in [2.24, 2.45) is 0 Å². The first kappa shape index (κ1) is 17.3. The predicted molar refractivity (Wildman–Crippen MR) is 109 cm³/mol. The summed E-state index contributed by atoms with van der Waals surface area (Å²) in [5.41, 5.74) is 3.23. The highest BCUT2D eigenvalue weighted by Crippen LogP contribution is 2.30. The van der Waals surface area contributed by atoms with Crippen LogP contribution in [0.5, 0.6) is 0 Å². The molecule has 0 N–H and O–H groups in total. The van der Waals surface area contributed by atoms with Crippen molar-refractivity contribution in [1.29, 1.82) is 0 Å². The molecular weight excluding hydrogens is 417 g/mol. The van der Waals surface area contributed by atoms with Crippen molar-refractivity contribution in [2.45, 2.75) is 6.92 Å². The standard InChI is InChI=1S/C18H11Cl2N7S/c1-10-15(21-25-26(10)14-7-5-12(19)6-8-14)16-22-23-18-27(16)24-17(28-18)11-3-2-4-13(20)9-11/h2-9H,1H3. The average Bonchev–Trinajstić information content (AvgIpc) is 3.37. The lowest BCUT2D eigenvalue weighted by molar-refractivity contribution is 0.785. The van der Waals surface area contributed by atoms with Gasteiger partial charge in [0, 0.05) is 15.6 Å². The fourth-order valence-electron chi connectivity index (χ4n) is 2.87. The zero-order valence-electron chi connectivity index (χ0n) is 14.4. The first-order valence-electron chi connectivity index (χ1n) is 8.27. The van der Waals surface area contributed by atoms with Crippen LogP contribution >= 0.6 is 34.5 Å². The highest BCUT2D eigenvalue weighted by Gasteiger charge is 2.20. The number of rotatable bonds is 3. The molecule has 0 amide bonds. The molecule has 28 heavy (non-hydrogen) atoms.